The van der Waals surface area contributed by atoms with Crippen LogP contribution in [0.4, 0.5) is 0 Å². The van der Waals surface area contributed by atoms with Gasteiger partial charge < -0.3 is 9.40 Å². The van der Waals surface area contributed by atoms with Crippen molar-refractivity contribution in [1.29, 1.82) is 0 Å². The van der Waals surface area contributed by atoms with Crippen LogP contribution in [0.25, 0.3) is 22.4 Å². The molecule has 0 atom stereocenters. The molecule has 1 N–H and O–H groups in total. The Morgan fingerprint density at radius 1 is 1.10 bits per heavy atom. The van der Waals surface area contributed by atoms with Gasteiger partial charge in [0.15, 0.2) is 0 Å². The molecule has 2 aromatic carbocycles. The van der Waals surface area contributed by atoms with Crippen LogP contribution < -0.4 is 11.2 Å². The summed E-state index contributed by atoms with van der Waals surface area (Å²) in [5.74, 6) is 0.563. The smallest absolute Gasteiger partial charge is 0.342 e. The fourth-order valence-electron chi connectivity index (χ4n) is 3.88. The number of rotatable bonds is 3. The number of H-pyrrole nitrogens is 1. The maximum atomic E-state index is 12.8. The van der Waals surface area contributed by atoms with Gasteiger partial charge in [-0.15, -0.1) is 0 Å². The van der Waals surface area contributed by atoms with Crippen molar-refractivity contribution in [3.05, 3.63) is 96.2 Å². The third-order valence-electron chi connectivity index (χ3n) is 5.47. The van der Waals surface area contributed by atoms with Crippen LogP contribution in [0.2, 0.25) is 10.0 Å². The Morgan fingerprint density at radius 2 is 1.90 bits per heavy atom. The molecule has 0 saturated heterocycles. The standard InChI is InChI=1S/C23H17Cl2N3O3/c24-14-6-7-19-15(10-14)20(25)17(23(30)31-19)12-28-9-8-18-16(11-28)22(29)27-21(26-18)13-4-2-1-3-5-13/h1-7,10H,8-9,11-12H2,(H,26,27,29). The molecule has 0 radical (unpaired) electrons. The first-order valence-electron chi connectivity index (χ1n) is 9.80. The Balaban J connectivity index is 1.46. The van der Waals surface area contributed by atoms with Gasteiger partial charge in [-0.25, -0.2) is 9.78 Å². The van der Waals surface area contributed by atoms with Crippen molar-refractivity contribution >= 4 is 34.2 Å². The van der Waals surface area contributed by atoms with Crippen molar-refractivity contribution in [3.8, 4) is 11.4 Å². The number of benzene rings is 2. The van der Waals surface area contributed by atoms with Crippen LogP contribution in [0.3, 0.4) is 0 Å². The Morgan fingerprint density at radius 3 is 2.71 bits per heavy atom. The summed E-state index contributed by atoms with van der Waals surface area (Å²) in [6.45, 7) is 1.28. The molecule has 3 heterocycles. The molecule has 0 aliphatic carbocycles. The summed E-state index contributed by atoms with van der Waals surface area (Å²) in [5.41, 5.74) is 2.34. The summed E-state index contributed by atoms with van der Waals surface area (Å²) < 4.78 is 5.42. The van der Waals surface area contributed by atoms with Crippen LogP contribution in [0.15, 0.2) is 62.5 Å². The highest BCUT2D eigenvalue weighted by Gasteiger charge is 2.24. The average Bonchev–Trinajstić information content (AvgIpc) is 2.78. The number of hydrogen-bond donors (Lipinski definition) is 1. The van der Waals surface area contributed by atoms with Crippen LogP contribution in [-0.2, 0) is 19.5 Å². The summed E-state index contributed by atoms with van der Waals surface area (Å²) in [6, 6.07) is 14.5. The monoisotopic (exact) mass is 453 g/mol. The van der Waals surface area contributed by atoms with Crippen molar-refractivity contribution in [1.82, 2.24) is 14.9 Å². The molecule has 2 aromatic heterocycles. The Kier molecular flexibility index (Phi) is 5.14. The molecule has 0 bridgehead atoms. The van der Waals surface area contributed by atoms with Crippen molar-refractivity contribution in [3.63, 3.8) is 0 Å². The number of aromatic nitrogens is 2. The van der Waals surface area contributed by atoms with Crippen LogP contribution in [-0.4, -0.2) is 21.4 Å². The number of hydrogen-bond acceptors (Lipinski definition) is 5. The SMILES string of the molecule is O=c1[nH]c(-c2ccccc2)nc2c1CN(Cc1c(Cl)c3cc(Cl)ccc3oc1=O)CC2. The van der Waals surface area contributed by atoms with Gasteiger partial charge >= 0.3 is 5.63 Å². The highest BCUT2D eigenvalue weighted by molar-refractivity contribution is 6.37. The van der Waals surface area contributed by atoms with Gasteiger partial charge in [-0.3, -0.25) is 9.69 Å². The van der Waals surface area contributed by atoms with E-state index in [4.69, 9.17) is 27.6 Å². The minimum absolute atomic E-state index is 0.169. The van der Waals surface area contributed by atoms with E-state index in [-0.39, 0.29) is 12.1 Å². The average molecular weight is 454 g/mol. The first-order chi connectivity index (χ1) is 15.0. The summed E-state index contributed by atoms with van der Waals surface area (Å²) in [6.07, 6.45) is 0.599. The Labute approximate surface area is 187 Å². The molecule has 0 unspecified atom stereocenters. The second kappa shape index (κ2) is 7.96. The van der Waals surface area contributed by atoms with E-state index in [0.29, 0.717) is 57.5 Å². The van der Waals surface area contributed by atoms with Gasteiger partial charge in [0.25, 0.3) is 5.56 Å². The normalized spacial score (nSPS) is 14.0. The maximum absolute atomic E-state index is 12.8. The van der Waals surface area contributed by atoms with Crippen molar-refractivity contribution in [2.75, 3.05) is 6.54 Å². The third kappa shape index (κ3) is 3.78. The maximum Gasteiger partial charge on any atom is 0.342 e. The molecule has 0 saturated carbocycles. The van der Waals surface area contributed by atoms with E-state index >= 15 is 0 Å². The zero-order chi connectivity index (χ0) is 21.5. The van der Waals surface area contributed by atoms with E-state index in [2.05, 4.69) is 9.97 Å². The van der Waals surface area contributed by atoms with Gasteiger partial charge in [0.2, 0.25) is 0 Å². The van der Waals surface area contributed by atoms with Crippen LogP contribution in [0, 0.1) is 0 Å². The van der Waals surface area contributed by atoms with E-state index in [1.54, 1.807) is 18.2 Å². The lowest BCUT2D eigenvalue weighted by Gasteiger charge is -2.27. The lowest BCUT2D eigenvalue weighted by Crippen LogP contribution is -2.36. The summed E-state index contributed by atoms with van der Waals surface area (Å²) in [4.78, 5) is 34.8. The second-order valence-electron chi connectivity index (χ2n) is 7.49. The van der Waals surface area contributed by atoms with Gasteiger partial charge in [-0.05, 0) is 18.2 Å². The number of nitrogens with zero attached hydrogens (tertiary/aromatic N) is 2. The van der Waals surface area contributed by atoms with Gasteiger partial charge in [0.05, 0.1) is 21.8 Å². The molecule has 1 aliphatic rings. The zero-order valence-corrected chi connectivity index (χ0v) is 17.8. The minimum atomic E-state index is -0.489. The summed E-state index contributed by atoms with van der Waals surface area (Å²) >= 11 is 12.6. The van der Waals surface area contributed by atoms with Crippen molar-refractivity contribution < 1.29 is 4.42 Å². The third-order valence-corrected chi connectivity index (χ3v) is 6.14. The molecule has 0 spiro atoms. The molecule has 4 aromatic rings. The summed E-state index contributed by atoms with van der Waals surface area (Å²) in [5, 5.41) is 1.42. The molecule has 0 amide bonds. The van der Waals surface area contributed by atoms with Crippen LogP contribution in [0.5, 0.6) is 0 Å². The number of fused-ring (bicyclic) bond motifs is 2. The summed E-state index contributed by atoms with van der Waals surface area (Å²) in [7, 11) is 0. The van der Waals surface area contributed by atoms with E-state index in [1.165, 1.54) is 0 Å². The Bertz CT molecular complexity index is 1410. The quantitative estimate of drug-likeness (QED) is 0.464. The predicted molar refractivity (Wildman–Crippen MR) is 121 cm³/mol. The molecule has 156 valence electrons. The molecular formula is C23H17Cl2N3O3. The molecule has 5 rings (SSSR count). The van der Waals surface area contributed by atoms with E-state index in [0.717, 1.165) is 11.3 Å². The molecule has 8 heteroatoms. The number of nitrogens with one attached hydrogen (secondary N) is 1. The van der Waals surface area contributed by atoms with Gasteiger partial charge in [0.1, 0.15) is 11.4 Å². The van der Waals surface area contributed by atoms with Gasteiger partial charge in [0, 0.05) is 42.0 Å². The largest absolute Gasteiger partial charge is 0.422 e. The van der Waals surface area contributed by atoms with Crippen LogP contribution in [0.1, 0.15) is 16.8 Å². The highest BCUT2D eigenvalue weighted by atomic mass is 35.5. The van der Waals surface area contributed by atoms with Gasteiger partial charge in [-0.2, -0.15) is 0 Å². The minimum Gasteiger partial charge on any atom is -0.422 e. The number of halogens is 2. The first kappa shape index (κ1) is 20.0. The van der Waals surface area contributed by atoms with Crippen molar-refractivity contribution in [2.45, 2.75) is 19.5 Å². The fraction of sp³-hybridized carbons (Fsp3) is 0.174. The van der Waals surface area contributed by atoms with E-state index in [9.17, 15) is 9.59 Å². The number of aromatic amines is 1. The van der Waals surface area contributed by atoms with Crippen LogP contribution >= 0.6 is 23.2 Å². The van der Waals surface area contributed by atoms with Crippen molar-refractivity contribution in [2.24, 2.45) is 0 Å². The molecule has 1 aliphatic heterocycles. The van der Waals surface area contributed by atoms with Gasteiger partial charge in [-0.1, -0.05) is 53.5 Å². The molecular weight excluding hydrogens is 437 g/mol. The van der Waals surface area contributed by atoms with E-state index < -0.39 is 5.63 Å². The predicted octanol–water partition coefficient (Wildman–Crippen LogP) is 4.41. The zero-order valence-electron chi connectivity index (χ0n) is 16.3. The second-order valence-corrected chi connectivity index (χ2v) is 8.30. The Hall–Kier alpha value is -2.93. The fourth-order valence-corrected chi connectivity index (χ4v) is 4.34. The topological polar surface area (TPSA) is 79.2 Å². The lowest BCUT2D eigenvalue weighted by atomic mass is 10.1. The molecule has 31 heavy (non-hydrogen) atoms. The van der Waals surface area contributed by atoms with E-state index in [1.807, 2.05) is 35.2 Å². The lowest BCUT2D eigenvalue weighted by molar-refractivity contribution is 0.239. The molecule has 6 nitrogen and oxygen atoms in total. The highest BCUT2D eigenvalue weighted by Crippen LogP contribution is 2.29. The first-order valence-corrected chi connectivity index (χ1v) is 10.6. The molecule has 0 fully saturated rings.